The Labute approximate surface area is 161 Å². The lowest BCUT2D eigenvalue weighted by molar-refractivity contribution is -0.127. The van der Waals surface area contributed by atoms with Crippen LogP contribution in [0.4, 0.5) is 0 Å². The van der Waals surface area contributed by atoms with Crippen molar-refractivity contribution in [1.29, 1.82) is 0 Å². The van der Waals surface area contributed by atoms with Gasteiger partial charge in [-0.3, -0.25) is 9.69 Å². The van der Waals surface area contributed by atoms with E-state index in [0.717, 1.165) is 69.0 Å². The lowest BCUT2D eigenvalue weighted by Crippen LogP contribution is -2.50. The minimum atomic E-state index is -0.444. The topological polar surface area (TPSA) is 60.0 Å². The highest BCUT2D eigenvalue weighted by Crippen LogP contribution is 2.44. The smallest absolute Gasteiger partial charge is 0.230 e. The average molecular weight is 374 g/mol. The molecule has 0 radical (unpaired) electrons. The van der Waals surface area contributed by atoms with Crippen LogP contribution >= 0.6 is 0 Å². The summed E-state index contributed by atoms with van der Waals surface area (Å²) in [4.78, 5) is 15.7. The van der Waals surface area contributed by atoms with Crippen LogP contribution in [0.25, 0.3) is 0 Å². The van der Waals surface area contributed by atoms with E-state index in [2.05, 4.69) is 17.1 Å². The summed E-state index contributed by atoms with van der Waals surface area (Å²) >= 11 is 0. The first-order valence-corrected chi connectivity index (χ1v) is 10.2. The molecule has 6 nitrogen and oxygen atoms in total. The van der Waals surface area contributed by atoms with Gasteiger partial charge in [0.1, 0.15) is 13.2 Å². The van der Waals surface area contributed by atoms with Gasteiger partial charge < -0.3 is 19.5 Å². The number of rotatable bonds is 5. The molecule has 4 rings (SSSR count). The molecule has 27 heavy (non-hydrogen) atoms. The molecular formula is C21H30N2O4. The van der Waals surface area contributed by atoms with Crippen LogP contribution in [0, 0.1) is 0 Å². The number of morpholine rings is 1. The first-order chi connectivity index (χ1) is 13.2. The van der Waals surface area contributed by atoms with Crippen molar-refractivity contribution in [2.24, 2.45) is 0 Å². The molecule has 2 heterocycles. The molecule has 3 aliphatic rings. The van der Waals surface area contributed by atoms with Crippen LogP contribution in [0.1, 0.15) is 38.2 Å². The number of nitrogens with one attached hydrogen (secondary N) is 1. The van der Waals surface area contributed by atoms with E-state index in [1.807, 2.05) is 18.2 Å². The highest BCUT2D eigenvalue weighted by atomic mass is 16.6. The molecule has 1 amide bonds. The highest BCUT2D eigenvalue weighted by Gasteiger charge is 2.43. The van der Waals surface area contributed by atoms with Crippen molar-refractivity contribution in [1.82, 2.24) is 10.2 Å². The van der Waals surface area contributed by atoms with Gasteiger partial charge in [-0.2, -0.15) is 0 Å². The molecule has 0 bridgehead atoms. The molecule has 1 aromatic rings. The molecule has 1 aromatic carbocycles. The molecule has 2 fully saturated rings. The lowest BCUT2D eigenvalue weighted by Gasteiger charge is -2.34. The first-order valence-electron chi connectivity index (χ1n) is 10.2. The van der Waals surface area contributed by atoms with Gasteiger partial charge in [-0.15, -0.1) is 0 Å². The van der Waals surface area contributed by atoms with Crippen LogP contribution < -0.4 is 14.8 Å². The SMILES string of the molecule is CC(CNC(=O)C1(c2ccc3c(c2)OCCO3)CCCC1)N1CCOCC1. The third kappa shape index (κ3) is 3.78. The second-order valence-electron chi connectivity index (χ2n) is 7.86. The summed E-state index contributed by atoms with van der Waals surface area (Å²) in [6, 6.07) is 6.33. The van der Waals surface area contributed by atoms with Gasteiger partial charge in [-0.05, 0) is 37.5 Å². The van der Waals surface area contributed by atoms with Crippen LogP contribution in [-0.4, -0.2) is 62.9 Å². The van der Waals surface area contributed by atoms with E-state index in [1.54, 1.807) is 0 Å². The van der Waals surface area contributed by atoms with Crippen LogP contribution in [0.3, 0.4) is 0 Å². The maximum Gasteiger partial charge on any atom is 0.230 e. The van der Waals surface area contributed by atoms with Crippen LogP contribution in [-0.2, 0) is 14.9 Å². The fraction of sp³-hybridized carbons (Fsp3) is 0.667. The van der Waals surface area contributed by atoms with Gasteiger partial charge in [0.2, 0.25) is 5.91 Å². The van der Waals surface area contributed by atoms with Gasteiger partial charge >= 0.3 is 0 Å². The van der Waals surface area contributed by atoms with Gasteiger partial charge in [0.05, 0.1) is 18.6 Å². The van der Waals surface area contributed by atoms with E-state index in [9.17, 15) is 4.79 Å². The number of benzene rings is 1. The van der Waals surface area contributed by atoms with Crippen molar-refractivity contribution >= 4 is 5.91 Å². The third-order valence-corrected chi connectivity index (χ3v) is 6.21. The zero-order valence-electron chi connectivity index (χ0n) is 16.2. The second kappa shape index (κ2) is 8.07. The van der Waals surface area contributed by atoms with E-state index in [-0.39, 0.29) is 5.91 Å². The second-order valence-corrected chi connectivity index (χ2v) is 7.86. The first kappa shape index (κ1) is 18.6. The van der Waals surface area contributed by atoms with E-state index >= 15 is 0 Å². The van der Waals surface area contributed by atoms with Crippen molar-refractivity contribution in [3.63, 3.8) is 0 Å². The molecule has 1 saturated carbocycles. The van der Waals surface area contributed by atoms with Gasteiger partial charge in [0.15, 0.2) is 11.5 Å². The molecule has 1 unspecified atom stereocenters. The van der Waals surface area contributed by atoms with Gasteiger partial charge in [0, 0.05) is 25.7 Å². The fourth-order valence-electron chi connectivity index (χ4n) is 4.52. The molecule has 1 saturated heterocycles. The Balaban J connectivity index is 1.47. The number of hydrogen-bond acceptors (Lipinski definition) is 5. The zero-order chi connectivity index (χ0) is 18.7. The van der Waals surface area contributed by atoms with E-state index in [1.165, 1.54) is 0 Å². The third-order valence-electron chi connectivity index (χ3n) is 6.21. The average Bonchev–Trinajstić information content (AvgIpc) is 3.23. The molecule has 6 heteroatoms. The molecule has 148 valence electrons. The number of nitrogens with zero attached hydrogens (tertiary/aromatic N) is 1. The van der Waals surface area contributed by atoms with Gasteiger partial charge in [-0.1, -0.05) is 18.9 Å². The number of hydrogen-bond donors (Lipinski definition) is 1. The van der Waals surface area contributed by atoms with Crippen LogP contribution in [0.2, 0.25) is 0 Å². The minimum absolute atomic E-state index is 0.150. The van der Waals surface area contributed by atoms with Crippen molar-refractivity contribution in [2.45, 2.75) is 44.1 Å². The molecule has 1 aliphatic carbocycles. The zero-order valence-corrected chi connectivity index (χ0v) is 16.2. The Hall–Kier alpha value is -1.79. The standard InChI is InChI=1S/C21H30N2O4/c1-16(23-8-10-25-11-9-23)15-22-20(24)21(6-2-3-7-21)17-4-5-18-19(14-17)27-13-12-26-18/h4-5,14,16H,2-3,6-13,15H2,1H3,(H,22,24). The molecular weight excluding hydrogens is 344 g/mol. The fourth-order valence-corrected chi connectivity index (χ4v) is 4.52. The van der Waals surface area contributed by atoms with Crippen molar-refractivity contribution < 1.29 is 19.0 Å². The largest absolute Gasteiger partial charge is 0.486 e. The van der Waals surface area contributed by atoms with E-state index < -0.39 is 5.41 Å². The molecule has 0 aromatic heterocycles. The Morgan fingerprint density at radius 2 is 1.81 bits per heavy atom. The van der Waals surface area contributed by atoms with Crippen molar-refractivity contribution in [3.05, 3.63) is 23.8 Å². The number of amides is 1. The Kier molecular flexibility index (Phi) is 5.55. The monoisotopic (exact) mass is 374 g/mol. The highest BCUT2D eigenvalue weighted by molar-refractivity contribution is 5.88. The summed E-state index contributed by atoms with van der Waals surface area (Å²) in [7, 11) is 0. The summed E-state index contributed by atoms with van der Waals surface area (Å²) in [5, 5.41) is 3.25. The maximum atomic E-state index is 13.3. The number of carbonyl (C=O) groups excluding carboxylic acids is 1. The Morgan fingerprint density at radius 3 is 2.56 bits per heavy atom. The van der Waals surface area contributed by atoms with Crippen molar-refractivity contribution in [2.75, 3.05) is 46.1 Å². The maximum absolute atomic E-state index is 13.3. The van der Waals surface area contributed by atoms with Gasteiger partial charge in [0.25, 0.3) is 0 Å². The Bertz CT molecular complexity index is 666. The molecule has 2 aliphatic heterocycles. The number of ether oxygens (including phenoxy) is 3. The van der Waals surface area contributed by atoms with Crippen LogP contribution in [0.5, 0.6) is 11.5 Å². The molecule has 1 atom stereocenters. The van der Waals surface area contributed by atoms with Crippen molar-refractivity contribution in [3.8, 4) is 11.5 Å². The predicted molar refractivity (Wildman–Crippen MR) is 102 cm³/mol. The lowest BCUT2D eigenvalue weighted by atomic mass is 9.77. The predicted octanol–water partition coefficient (Wildman–Crippen LogP) is 2.11. The number of carbonyl (C=O) groups is 1. The van der Waals surface area contributed by atoms with E-state index in [4.69, 9.17) is 14.2 Å². The molecule has 1 N–H and O–H groups in total. The number of fused-ring (bicyclic) bond motifs is 1. The normalized spacial score (nSPS) is 23.0. The van der Waals surface area contributed by atoms with Gasteiger partial charge in [-0.25, -0.2) is 0 Å². The minimum Gasteiger partial charge on any atom is -0.486 e. The summed E-state index contributed by atoms with van der Waals surface area (Å²) < 4.78 is 16.8. The summed E-state index contributed by atoms with van der Waals surface area (Å²) in [5.74, 6) is 1.69. The van der Waals surface area contributed by atoms with Crippen LogP contribution in [0.15, 0.2) is 18.2 Å². The summed E-state index contributed by atoms with van der Waals surface area (Å²) in [6.07, 6.45) is 3.95. The summed E-state index contributed by atoms with van der Waals surface area (Å²) in [6.45, 7) is 7.42. The summed E-state index contributed by atoms with van der Waals surface area (Å²) in [5.41, 5.74) is 0.612. The van der Waals surface area contributed by atoms with E-state index in [0.29, 0.717) is 25.8 Å². The Morgan fingerprint density at radius 1 is 1.11 bits per heavy atom. The molecule has 0 spiro atoms. The quantitative estimate of drug-likeness (QED) is 0.855.